The molecule has 0 unspecified atom stereocenters. The molecule has 32 heavy (non-hydrogen) atoms. The topological polar surface area (TPSA) is 159 Å². The van der Waals surface area contributed by atoms with Crippen molar-refractivity contribution in [1.82, 2.24) is 10.3 Å². The number of fused-ring (bicyclic) bond motifs is 1. The summed E-state index contributed by atoms with van der Waals surface area (Å²) in [4.78, 5) is 50.4. The Bertz CT molecular complexity index is 1190. The van der Waals surface area contributed by atoms with E-state index in [0.717, 1.165) is 5.56 Å². The lowest BCUT2D eigenvalue weighted by Crippen LogP contribution is -2.32. The molecule has 0 aliphatic carbocycles. The van der Waals surface area contributed by atoms with E-state index >= 15 is 0 Å². The van der Waals surface area contributed by atoms with Crippen LogP contribution in [0.5, 0.6) is 0 Å². The molecule has 4 N–H and O–H groups in total. The van der Waals surface area contributed by atoms with Crippen LogP contribution in [0.1, 0.15) is 24.0 Å². The van der Waals surface area contributed by atoms with E-state index in [4.69, 9.17) is 9.52 Å². The lowest BCUT2D eigenvalue weighted by atomic mass is 10.1. The third-order valence-corrected chi connectivity index (χ3v) is 4.63. The highest BCUT2D eigenvalue weighted by Gasteiger charge is 2.20. The number of hydrogen-bond donors (Lipinski definition) is 4. The van der Waals surface area contributed by atoms with Gasteiger partial charge in [-0.2, -0.15) is 4.98 Å². The van der Waals surface area contributed by atoms with E-state index in [-0.39, 0.29) is 37.2 Å². The van der Waals surface area contributed by atoms with Gasteiger partial charge in [-0.1, -0.05) is 36.4 Å². The van der Waals surface area contributed by atoms with Crippen LogP contribution in [0.2, 0.25) is 0 Å². The van der Waals surface area contributed by atoms with Crippen molar-refractivity contribution in [2.75, 3.05) is 5.32 Å². The lowest BCUT2D eigenvalue weighted by Gasteiger charge is -2.14. The summed E-state index contributed by atoms with van der Waals surface area (Å²) < 4.78 is 5.16. The van der Waals surface area contributed by atoms with E-state index in [9.17, 15) is 24.3 Å². The van der Waals surface area contributed by atoms with Gasteiger partial charge in [0.25, 0.3) is 6.01 Å². The Kier molecular flexibility index (Phi) is 7.17. The van der Waals surface area contributed by atoms with Crippen LogP contribution in [0.25, 0.3) is 10.9 Å². The highest BCUT2D eigenvalue weighted by Crippen LogP contribution is 2.15. The van der Waals surface area contributed by atoms with Crippen molar-refractivity contribution >= 4 is 34.8 Å². The molecule has 0 fully saturated rings. The molecular weight excluding hydrogens is 418 g/mol. The summed E-state index contributed by atoms with van der Waals surface area (Å²) in [5.41, 5.74) is 0.989. The fourth-order valence-corrected chi connectivity index (χ4v) is 3.00. The Morgan fingerprint density at radius 3 is 2.44 bits per heavy atom. The number of rotatable bonds is 10. The van der Waals surface area contributed by atoms with Crippen molar-refractivity contribution in [3.05, 3.63) is 70.1 Å². The lowest BCUT2D eigenvalue weighted by molar-refractivity contribution is -0.139. The molecule has 166 valence electrons. The van der Waals surface area contributed by atoms with Crippen LogP contribution in [0.4, 0.5) is 6.01 Å². The normalized spacial score (nSPS) is 11.6. The number of anilines is 1. The summed E-state index contributed by atoms with van der Waals surface area (Å²) in [6.07, 6.45) is -0.246. The van der Waals surface area contributed by atoms with Gasteiger partial charge >= 0.3 is 17.6 Å². The second kappa shape index (κ2) is 10.2. The van der Waals surface area contributed by atoms with Gasteiger partial charge in [0, 0.05) is 19.4 Å². The maximum atomic E-state index is 12.4. The van der Waals surface area contributed by atoms with Crippen LogP contribution >= 0.6 is 0 Å². The second-order valence-electron chi connectivity index (χ2n) is 7.05. The van der Waals surface area contributed by atoms with E-state index < -0.39 is 29.5 Å². The van der Waals surface area contributed by atoms with Crippen molar-refractivity contribution in [2.24, 2.45) is 0 Å². The molecule has 2 aromatic carbocycles. The number of aliphatic carboxylic acids is 2. The van der Waals surface area contributed by atoms with Crippen molar-refractivity contribution < 1.29 is 29.0 Å². The van der Waals surface area contributed by atoms with Crippen LogP contribution < -0.4 is 16.3 Å². The zero-order valence-electron chi connectivity index (χ0n) is 16.9. The standard InChI is InChI=1S/C22H21N3O7/c26-18(8-9-19(27)28)23-12-14-6-7-16-15(10-14)21(31)32-22(24-16)25-17(20(29)30)11-13-4-2-1-3-5-13/h1-7,10,17H,8-9,11-12H2,(H,23,26)(H,24,25)(H,27,28)(H,29,30)/t17-/m0/s1. The summed E-state index contributed by atoms with van der Waals surface area (Å²) >= 11 is 0. The van der Waals surface area contributed by atoms with Gasteiger partial charge < -0.3 is 25.3 Å². The van der Waals surface area contributed by atoms with Crippen LogP contribution in [-0.4, -0.2) is 39.1 Å². The monoisotopic (exact) mass is 439 g/mol. The van der Waals surface area contributed by atoms with E-state index in [0.29, 0.717) is 11.1 Å². The first kappa shape index (κ1) is 22.5. The van der Waals surface area contributed by atoms with Gasteiger partial charge in [0.15, 0.2) is 0 Å². The molecule has 0 radical (unpaired) electrons. The molecular formula is C22H21N3O7. The zero-order chi connectivity index (χ0) is 23.1. The molecule has 10 heteroatoms. The Morgan fingerprint density at radius 2 is 1.75 bits per heavy atom. The highest BCUT2D eigenvalue weighted by atomic mass is 16.4. The Hall–Kier alpha value is -4.21. The Morgan fingerprint density at radius 1 is 1.00 bits per heavy atom. The minimum atomic E-state index is -1.12. The molecule has 0 aliphatic rings. The number of nitrogens with zero attached hydrogens (tertiary/aromatic N) is 1. The van der Waals surface area contributed by atoms with Gasteiger partial charge in [-0.3, -0.25) is 9.59 Å². The summed E-state index contributed by atoms with van der Waals surface area (Å²) in [5, 5.41) is 23.5. The number of carboxylic acid groups (broad SMARTS) is 2. The van der Waals surface area contributed by atoms with Gasteiger partial charge in [-0.15, -0.1) is 0 Å². The van der Waals surface area contributed by atoms with Crippen molar-refractivity contribution in [1.29, 1.82) is 0 Å². The molecule has 0 spiro atoms. The number of carbonyl (C=O) groups excluding carboxylic acids is 1. The van der Waals surface area contributed by atoms with E-state index in [1.165, 1.54) is 6.07 Å². The molecule has 10 nitrogen and oxygen atoms in total. The van der Waals surface area contributed by atoms with Crippen LogP contribution in [-0.2, 0) is 27.3 Å². The number of nitrogens with one attached hydrogen (secondary N) is 2. The first-order chi connectivity index (χ1) is 15.3. The quantitative estimate of drug-likeness (QED) is 0.369. The van der Waals surface area contributed by atoms with E-state index in [1.54, 1.807) is 36.4 Å². The molecule has 1 atom stereocenters. The highest BCUT2D eigenvalue weighted by molar-refractivity contribution is 5.82. The molecule has 0 aliphatic heterocycles. The summed E-state index contributed by atoms with van der Waals surface area (Å²) in [5.74, 6) is -2.60. The Balaban J connectivity index is 1.73. The molecule has 0 bridgehead atoms. The van der Waals surface area contributed by atoms with Gasteiger partial charge in [-0.25, -0.2) is 9.59 Å². The molecule has 1 heterocycles. The van der Waals surface area contributed by atoms with Crippen molar-refractivity contribution in [3.8, 4) is 0 Å². The molecule has 0 saturated heterocycles. The second-order valence-corrected chi connectivity index (χ2v) is 7.05. The molecule has 3 aromatic rings. The van der Waals surface area contributed by atoms with Crippen LogP contribution in [0, 0.1) is 0 Å². The average molecular weight is 439 g/mol. The fraction of sp³-hybridized carbons (Fsp3) is 0.227. The minimum absolute atomic E-state index is 0.103. The molecule has 1 amide bonds. The first-order valence-corrected chi connectivity index (χ1v) is 9.77. The fourth-order valence-electron chi connectivity index (χ4n) is 3.00. The predicted octanol–water partition coefficient (Wildman–Crippen LogP) is 1.78. The smallest absolute Gasteiger partial charge is 0.348 e. The summed E-state index contributed by atoms with van der Waals surface area (Å²) in [6.45, 7) is 0.103. The van der Waals surface area contributed by atoms with Gasteiger partial charge in [-0.05, 0) is 23.3 Å². The van der Waals surface area contributed by atoms with E-state index in [1.807, 2.05) is 6.07 Å². The number of hydrogen-bond acceptors (Lipinski definition) is 7. The number of benzene rings is 2. The van der Waals surface area contributed by atoms with Crippen molar-refractivity contribution in [2.45, 2.75) is 31.8 Å². The van der Waals surface area contributed by atoms with Crippen LogP contribution in [0.15, 0.2) is 57.7 Å². The Labute approximate surface area is 181 Å². The zero-order valence-corrected chi connectivity index (χ0v) is 16.9. The third-order valence-electron chi connectivity index (χ3n) is 4.63. The molecule has 3 rings (SSSR count). The van der Waals surface area contributed by atoms with Crippen molar-refractivity contribution in [3.63, 3.8) is 0 Å². The average Bonchev–Trinajstić information content (AvgIpc) is 2.76. The van der Waals surface area contributed by atoms with E-state index in [2.05, 4.69) is 15.6 Å². The summed E-state index contributed by atoms with van der Waals surface area (Å²) in [6, 6.07) is 12.5. The SMILES string of the molecule is O=C(O)CCC(=O)NCc1ccc2nc(N[C@@H](Cc3ccccc3)C(=O)O)oc(=O)c2c1. The predicted molar refractivity (Wildman–Crippen MR) is 114 cm³/mol. The van der Waals surface area contributed by atoms with Gasteiger partial charge in [0.05, 0.1) is 17.3 Å². The number of amides is 1. The third kappa shape index (κ3) is 6.14. The van der Waals surface area contributed by atoms with Gasteiger partial charge in [0.2, 0.25) is 5.91 Å². The first-order valence-electron chi connectivity index (χ1n) is 9.77. The number of aromatic nitrogens is 1. The summed E-state index contributed by atoms with van der Waals surface area (Å²) in [7, 11) is 0. The largest absolute Gasteiger partial charge is 0.481 e. The minimum Gasteiger partial charge on any atom is -0.481 e. The van der Waals surface area contributed by atoms with Gasteiger partial charge in [0.1, 0.15) is 6.04 Å². The van der Waals surface area contributed by atoms with Crippen LogP contribution in [0.3, 0.4) is 0 Å². The number of carbonyl (C=O) groups is 3. The molecule has 0 saturated carbocycles. The maximum Gasteiger partial charge on any atom is 0.348 e. The number of carboxylic acids is 2. The molecule has 1 aromatic heterocycles. The maximum absolute atomic E-state index is 12.4.